The molecule has 2 nitrogen and oxygen atoms in total. The van der Waals surface area contributed by atoms with Crippen LogP contribution in [0.15, 0.2) is 42.5 Å². The number of nitrogens with zero attached hydrogens (tertiary/aromatic N) is 1. The number of aromatic hydroxyl groups is 1. The van der Waals surface area contributed by atoms with Crippen LogP contribution in [0.25, 0.3) is 11.1 Å². The molecule has 122 valence electrons. The van der Waals surface area contributed by atoms with E-state index in [2.05, 4.69) is 49.2 Å². The number of hydrogen-bond acceptors (Lipinski definition) is 2. The van der Waals surface area contributed by atoms with Crippen molar-refractivity contribution < 1.29 is 5.11 Å². The fourth-order valence-corrected chi connectivity index (χ4v) is 3.69. The third kappa shape index (κ3) is 3.59. The van der Waals surface area contributed by atoms with Gasteiger partial charge in [0.25, 0.3) is 0 Å². The van der Waals surface area contributed by atoms with E-state index < -0.39 is 0 Å². The first-order valence-electron chi connectivity index (χ1n) is 8.79. The van der Waals surface area contributed by atoms with Crippen LogP contribution in [0.2, 0.25) is 0 Å². The van der Waals surface area contributed by atoms with Gasteiger partial charge in [0, 0.05) is 11.6 Å². The number of rotatable bonds is 5. The van der Waals surface area contributed by atoms with Crippen LogP contribution in [0.1, 0.15) is 37.3 Å². The molecule has 3 rings (SSSR count). The lowest BCUT2D eigenvalue weighted by atomic mass is 9.93. The highest BCUT2D eigenvalue weighted by Gasteiger charge is 2.21. The van der Waals surface area contributed by atoms with Gasteiger partial charge in [-0.2, -0.15) is 0 Å². The average Bonchev–Trinajstić information content (AvgIpc) is 2.99. The van der Waals surface area contributed by atoms with Gasteiger partial charge in [-0.25, -0.2) is 0 Å². The average molecular weight is 309 g/mol. The normalized spacial score (nSPS) is 18.4. The number of phenolic OH excluding ortho intramolecular Hbond substituents is 1. The zero-order chi connectivity index (χ0) is 16.2. The molecule has 0 bridgehead atoms. The van der Waals surface area contributed by atoms with Gasteiger partial charge in [0.1, 0.15) is 5.75 Å². The van der Waals surface area contributed by atoms with Crippen molar-refractivity contribution in [3.8, 4) is 16.9 Å². The van der Waals surface area contributed by atoms with Gasteiger partial charge in [-0.05, 0) is 74.5 Å². The SMILES string of the molecule is CCc1ccc(O)c(-c2ccccc2CCC2CCCN2C)c1. The number of aryl methyl sites for hydroxylation is 2. The third-order valence-corrected chi connectivity index (χ3v) is 5.20. The lowest BCUT2D eigenvalue weighted by molar-refractivity contribution is 0.297. The van der Waals surface area contributed by atoms with Crippen molar-refractivity contribution in [1.82, 2.24) is 4.90 Å². The standard InChI is InChI=1S/C21H27NO/c1-3-16-10-13-21(23)20(15-16)19-9-5-4-7-17(19)11-12-18-8-6-14-22(18)2/h4-5,7,9-10,13,15,18,23H,3,6,8,11-12,14H2,1-2H3. The first kappa shape index (κ1) is 16.1. The summed E-state index contributed by atoms with van der Waals surface area (Å²) in [7, 11) is 2.24. The Labute approximate surface area is 139 Å². The molecule has 0 amide bonds. The van der Waals surface area contributed by atoms with E-state index in [1.54, 1.807) is 0 Å². The van der Waals surface area contributed by atoms with Crippen LogP contribution in [0.4, 0.5) is 0 Å². The molecule has 0 saturated carbocycles. The molecular weight excluding hydrogens is 282 g/mol. The molecule has 1 aliphatic heterocycles. The predicted molar refractivity (Wildman–Crippen MR) is 96.9 cm³/mol. The summed E-state index contributed by atoms with van der Waals surface area (Å²) in [5.74, 6) is 0.382. The molecule has 1 heterocycles. The van der Waals surface area contributed by atoms with Gasteiger partial charge < -0.3 is 10.0 Å². The van der Waals surface area contributed by atoms with Gasteiger partial charge in [-0.1, -0.05) is 37.3 Å². The lowest BCUT2D eigenvalue weighted by Crippen LogP contribution is -2.25. The van der Waals surface area contributed by atoms with Crippen molar-refractivity contribution >= 4 is 0 Å². The van der Waals surface area contributed by atoms with Crippen molar-refractivity contribution in [2.45, 2.75) is 45.1 Å². The smallest absolute Gasteiger partial charge is 0.123 e. The van der Waals surface area contributed by atoms with Crippen molar-refractivity contribution in [3.05, 3.63) is 53.6 Å². The maximum Gasteiger partial charge on any atom is 0.123 e. The van der Waals surface area contributed by atoms with Crippen molar-refractivity contribution in [3.63, 3.8) is 0 Å². The second-order valence-electron chi connectivity index (χ2n) is 6.68. The highest BCUT2D eigenvalue weighted by atomic mass is 16.3. The Kier molecular flexibility index (Phi) is 5.02. The molecule has 0 aliphatic carbocycles. The molecule has 1 N–H and O–H groups in total. The Morgan fingerprint density at radius 1 is 1.13 bits per heavy atom. The van der Waals surface area contributed by atoms with Crippen molar-refractivity contribution in [1.29, 1.82) is 0 Å². The topological polar surface area (TPSA) is 23.5 Å². The van der Waals surface area contributed by atoms with Crippen LogP contribution in [0, 0.1) is 0 Å². The summed E-state index contributed by atoms with van der Waals surface area (Å²) in [6.07, 6.45) is 5.89. The molecule has 2 aromatic carbocycles. The van der Waals surface area contributed by atoms with Gasteiger partial charge >= 0.3 is 0 Å². The molecule has 1 unspecified atom stereocenters. The maximum absolute atomic E-state index is 10.3. The van der Waals surface area contributed by atoms with E-state index in [1.165, 1.54) is 42.5 Å². The first-order valence-corrected chi connectivity index (χ1v) is 8.79. The minimum atomic E-state index is 0.382. The van der Waals surface area contributed by atoms with Crippen LogP contribution < -0.4 is 0 Å². The zero-order valence-electron chi connectivity index (χ0n) is 14.3. The predicted octanol–water partition coefficient (Wildman–Crippen LogP) is 4.65. The van der Waals surface area contributed by atoms with Gasteiger partial charge in [-0.15, -0.1) is 0 Å². The summed E-state index contributed by atoms with van der Waals surface area (Å²) >= 11 is 0. The van der Waals surface area contributed by atoms with E-state index >= 15 is 0 Å². The maximum atomic E-state index is 10.3. The molecule has 2 heteroatoms. The van der Waals surface area contributed by atoms with Crippen LogP contribution >= 0.6 is 0 Å². The highest BCUT2D eigenvalue weighted by Crippen LogP contribution is 2.33. The van der Waals surface area contributed by atoms with Crippen LogP contribution in [0.5, 0.6) is 5.75 Å². The molecule has 0 spiro atoms. The van der Waals surface area contributed by atoms with Crippen LogP contribution in [-0.4, -0.2) is 29.6 Å². The number of benzene rings is 2. The van der Waals surface area contributed by atoms with Crippen molar-refractivity contribution in [2.75, 3.05) is 13.6 Å². The molecule has 1 fully saturated rings. The fraction of sp³-hybridized carbons (Fsp3) is 0.429. The molecule has 1 atom stereocenters. The van der Waals surface area contributed by atoms with E-state index in [0.717, 1.165) is 18.4 Å². The minimum Gasteiger partial charge on any atom is -0.507 e. The second-order valence-corrected chi connectivity index (χ2v) is 6.68. The van der Waals surface area contributed by atoms with Gasteiger partial charge in [0.15, 0.2) is 0 Å². The van der Waals surface area contributed by atoms with Gasteiger partial charge in [0.2, 0.25) is 0 Å². The molecule has 0 radical (unpaired) electrons. The molecule has 1 saturated heterocycles. The van der Waals surface area contributed by atoms with E-state index in [1.807, 2.05) is 12.1 Å². The zero-order valence-corrected chi connectivity index (χ0v) is 14.3. The Morgan fingerprint density at radius 3 is 2.70 bits per heavy atom. The van der Waals surface area contributed by atoms with Gasteiger partial charge in [0.05, 0.1) is 0 Å². The second kappa shape index (κ2) is 7.18. The molecule has 0 aromatic heterocycles. The van der Waals surface area contributed by atoms with E-state index in [0.29, 0.717) is 11.8 Å². The summed E-state index contributed by atoms with van der Waals surface area (Å²) in [4.78, 5) is 2.48. The summed E-state index contributed by atoms with van der Waals surface area (Å²) in [5.41, 5.74) is 4.76. The lowest BCUT2D eigenvalue weighted by Gasteiger charge is -2.20. The monoisotopic (exact) mass is 309 g/mol. The molecule has 23 heavy (non-hydrogen) atoms. The quantitative estimate of drug-likeness (QED) is 0.869. The number of likely N-dealkylation sites (tertiary alicyclic amines) is 1. The largest absolute Gasteiger partial charge is 0.507 e. The summed E-state index contributed by atoms with van der Waals surface area (Å²) < 4.78 is 0. The van der Waals surface area contributed by atoms with E-state index in [4.69, 9.17) is 0 Å². The number of hydrogen-bond donors (Lipinski definition) is 1. The van der Waals surface area contributed by atoms with Crippen LogP contribution in [0.3, 0.4) is 0 Å². The Hall–Kier alpha value is -1.80. The summed E-state index contributed by atoms with van der Waals surface area (Å²) in [6, 6.07) is 15.2. The molecular formula is C21H27NO. The van der Waals surface area contributed by atoms with Crippen molar-refractivity contribution in [2.24, 2.45) is 0 Å². The molecule has 2 aromatic rings. The van der Waals surface area contributed by atoms with Crippen LogP contribution in [-0.2, 0) is 12.8 Å². The van der Waals surface area contributed by atoms with E-state index in [9.17, 15) is 5.11 Å². The molecule has 1 aliphatic rings. The summed E-state index contributed by atoms with van der Waals surface area (Å²) in [5, 5.41) is 10.3. The Balaban J connectivity index is 1.86. The number of phenols is 1. The highest BCUT2D eigenvalue weighted by molar-refractivity contribution is 5.73. The van der Waals surface area contributed by atoms with Gasteiger partial charge in [-0.3, -0.25) is 0 Å². The van der Waals surface area contributed by atoms with E-state index in [-0.39, 0.29) is 0 Å². The Morgan fingerprint density at radius 2 is 1.96 bits per heavy atom. The third-order valence-electron chi connectivity index (χ3n) is 5.20. The Bertz CT molecular complexity index is 665. The summed E-state index contributed by atoms with van der Waals surface area (Å²) in [6.45, 7) is 3.38. The first-order chi connectivity index (χ1) is 11.2. The fourth-order valence-electron chi connectivity index (χ4n) is 3.69. The minimum absolute atomic E-state index is 0.382.